The van der Waals surface area contributed by atoms with Crippen molar-refractivity contribution in [3.63, 3.8) is 0 Å². The lowest BCUT2D eigenvalue weighted by molar-refractivity contribution is 0.141. The van der Waals surface area contributed by atoms with Crippen molar-refractivity contribution in [1.29, 1.82) is 0 Å². The zero-order valence-corrected chi connectivity index (χ0v) is 8.59. The van der Waals surface area contributed by atoms with E-state index in [4.69, 9.17) is 5.90 Å². The minimum Gasteiger partial charge on any atom is -0.304 e. The van der Waals surface area contributed by atoms with Crippen LogP contribution in [0, 0.1) is 6.92 Å². The van der Waals surface area contributed by atoms with E-state index < -0.39 is 6.17 Å². The number of rotatable bonds is 4. The van der Waals surface area contributed by atoms with Gasteiger partial charge in [-0.25, -0.2) is 10.3 Å². The van der Waals surface area contributed by atoms with Crippen LogP contribution in [0.25, 0.3) is 0 Å². The van der Waals surface area contributed by atoms with Crippen LogP contribution in [0.2, 0.25) is 0 Å². The van der Waals surface area contributed by atoms with E-state index in [1.54, 1.807) is 0 Å². The predicted molar refractivity (Wildman–Crippen MR) is 54.5 cm³/mol. The largest absolute Gasteiger partial charge is 0.304 e. The van der Waals surface area contributed by atoms with Crippen LogP contribution in [0.1, 0.15) is 29.8 Å². The Hall–Kier alpha value is -0.930. The molecule has 0 saturated heterocycles. The molecule has 0 fully saturated rings. The van der Waals surface area contributed by atoms with Gasteiger partial charge in [0.2, 0.25) is 0 Å². The molecule has 2 nitrogen and oxygen atoms in total. The van der Waals surface area contributed by atoms with Crippen molar-refractivity contribution in [1.82, 2.24) is 0 Å². The zero-order chi connectivity index (χ0) is 10.6. The highest BCUT2D eigenvalue weighted by atomic mass is 19.1. The minimum absolute atomic E-state index is 0.463. The number of alkyl halides is 1. The summed E-state index contributed by atoms with van der Waals surface area (Å²) in [5, 5.41) is 0. The van der Waals surface area contributed by atoms with Crippen LogP contribution in [0.5, 0.6) is 0 Å². The van der Waals surface area contributed by atoms with E-state index in [0.717, 1.165) is 17.5 Å². The molecule has 1 aromatic carbocycles. The number of hydrogen-bond donors (Lipinski definition) is 1. The highest BCUT2D eigenvalue weighted by Gasteiger charge is 2.05. The second-order valence-corrected chi connectivity index (χ2v) is 3.42. The van der Waals surface area contributed by atoms with E-state index in [1.807, 2.05) is 25.1 Å². The Kier molecular flexibility index (Phi) is 4.04. The summed E-state index contributed by atoms with van der Waals surface area (Å²) in [6.07, 6.45) is -0.198. The van der Waals surface area contributed by atoms with E-state index in [-0.39, 0.29) is 0 Å². The Labute approximate surface area is 83.8 Å². The Bertz CT molecular complexity index is 299. The third kappa shape index (κ3) is 2.79. The lowest BCUT2D eigenvalue weighted by Crippen LogP contribution is -2.05. The molecule has 0 aliphatic carbocycles. The number of aryl methyl sites for hydroxylation is 1. The molecule has 0 spiro atoms. The van der Waals surface area contributed by atoms with E-state index >= 15 is 0 Å². The van der Waals surface area contributed by atoms with Crippen molar-refractivity contribution < 1.29 is 9.23 Å². The van der Waals surface area contributed by atoms with Crippen molar-refractivity contribution >= 4 is 0 Å². The SMILES string of the molecule is Cc1ccc(C(C)F)cc1CCON. The lowest BCUT2D eigenvalue weighted by Gasteiger charge is -2.09. The van der Waals surface area contributed by atoms with Gasteiger partial charge in [-0.1, -0.05) is 18.2 Å². The zero-order valence-electron chi connectivity index (χ0n) is 8.59. The summed E-state index contributed by atoms with van der Waals surface area (Å²) >= 11 is 0. The summed E-state index contributed by atoms with van der Waals surface area (Å²) in [5.74, 6) is 4.95. The van der Waals surface area contributed by atoms with E-state index in [2.05, 4.69) is 4.84 Å². The fourth-order valence-corrected chi connectivity index (χ4v) is 1.38. The monoisotopic (exact) mass is 197 g/mol. The minimum atomic E-state index is -0.923. The van der Waals surface area contributed by atoms with Crippen molar-refractivity contribution in [2.24, 2.45) is 5.90 Å². The Balaban J connectivity index is 2.85. The maximum atomic E-state index is 13.0. The van der Waals surface area contributed by atoms with Crippen LogP contribution >= 0.6 is 0 Å². The molecule has 0 heterocycles. The normalized spacial score (nSPS) is 12.9. The fraction of sp³-hybridized carbons (Fsp3) is 0.455. The molecular weight excluding hydrogens is 181 g/mol. The van der Waals surface area contributed by atoms with E-state index in [9.17, 15) is 4.39 Å². The first kappa shape index (κ1) is 11.1. The van der Waals surface area contributed by atoms with Crippen molar-refractivity contribution in [3.05, 3.63) is 34.9 Å². The van der Waals surface area contributed by atoms with Gasteiger partial charge in [-0.05, 0) is 37.0 Å². The van der Waals surface area contributed by atoms with Gasteiger partial charge in [0.05, 0.1) is 6.61 Å². The summed E-state index contributed by atoms with van der Waals surface area (Å²) in [6, 6.07) is 5.61. The molecule has 2 N–H and O–H groups in total. The lowest BCUT2D eigenvalue weighted by atomic mass is 10.0. The average Bonchev–Trinajstić information content (AvgIpc) is 2.16. The summed E-state index contributed by atoms with van der Waals surface area (Å²) in [7, 11) is 0. The molecule has 0 bridgehead atoms. The first-order chi connectivity index (χ1) is 6.65. The highest BCUT2D eigenvalue weighted by Crippen LogP contribution is 2.20. The quantitative estimate of drug-likeness (QED) is 0.752. The molecular formula is C11H16FNO. The van der Waals surface area contributed by atoms with Crippen LogP contribution < -0.4 is 5.90 Å². The van der Waals surface area contributed by atoms with Crippen molar-refractivity contribution in [2.75, 3.05) is 6.61 Å². The van der Waals surface area contributed by atoms with Crippen LogP contribution in [-0.4, -0.2) is 6.61 Å². The van der Waals surface area contributed by atoms with Crippen LogP contribution in [0.15, 0.2) is 18.2 Å². The molecule has 0 aromatic heterocycles. The molecule has 1 rings (SSSR count). The number of hydrogen-bond acceptors (Lipinski definition) is 2. The summed E-state index contributed by atoms with van der Waals surface area (Å²) in [6.45, 7) is 4.00. The Morgan fingerprint density at radius 2 is 2.21 bits per heavy atom. The molecule has 1 unspecified atom stereocenters. The van der Waals surface area contributed by atoms with Gasteiger partial charge in [0.15, 0.2) is 0 Å². The smallest absolute Gasteiger partial charge is 0.122 e. The number of nitrogens with two attached hydrogens (primary N) is 1. The standard InChI is InChI=1S/C11H16FNO/c1-8-3-4-11(9(2)12)7-10(8)5-6-14-13/h3-4,7,9H,5-6,13H2,1-2H3. The van der Waals surface area contributed by atoms with Gasteiger partial charge in [-0.2, -0.15) is 0 Å². The molecule has 14 heavy (non-hydrogen) atoms. The van der Waals surface area contributed by atoms with E-state index in [1.165, 1.54) is 6.92 Å². The Morgan fingerprint density at radius 1 is 1.50 bits per heavy atom. The van der Waals surface area contributed by atoms with Gasteiger partial charge in [-0.3, -0.25) is 0 Å². The third-order valence-corrected chi connectivity index (χ3v) is 2.32. The Morgan fingerprint density at radius 3 is 2.79 bits per heavy atom. The predicted octanol–water partition coefficient (Wildman–Crippen LogP) is 2.46. The molecule has 1 atom stereocenters. The fourth-order valence-electron chi connectivity index (χ4n) is 1.38. The summed E-state index contributed by atoms with van der Waals surface area (Å²) in [4.78, 5) is 4.51. The van der Waals surface area contributed by atoms with Crippen molar-refractivity contribution in [3.8, 4) is 0 Å². The van der Waals surface area contributed by atoms with Gasteiger partial charge >= 0.3 is 0 Å². The van der Waals surface area contributed by atoms with Crippen molar-refractivity contribution in [2.45, 2.75) is 26.4 Å². The second kappa shape index (κ2) is 5.08. The number of benzene rings is 1. The maximum Gasteiger partial charge on any atom is 0.122 e. The molecule has 78 valence electrons. The molecule has 0 saturated carbocycles. The maximum absolute atomic E-state index is 13.0. The van der Waals surface area contributed by atoms with Crippen LogP contribution in [0.3, 0.4) is 0 Å². The van der Waals surface area contributed by atoms with Gasteiger partial charge < -0.3 is 4.84 Å². The average molecular weight is 197 g/mol. The number of halogens is 1. The molecule has 0 aliphatic heterocycles. The van der Waals surface area contributed by atoms with E-state index in [0.29, 0.717) is 12.2 Å². The second-order valence-electron chi connectivity index (χ2n) is 3.42. The van der Waals surface area contributed by atoms with Gasteiger partial charge in [0.1, 0.15) is 6.17 Å². The first-order valence-electron chi connectivity index (χ1n) is 4.70. The summed E-state index contributed by atoms with van der Waals surface area (Å²) in [5.41, 5.74) is 2.95. The molecule has 0 amide bonds. The molecule has 0 aliphatic rings. The molecule has 0 radical (unpaired) electrons. The highest BCUT2D eigenvalue weighted by molar-refractivity contribution is 5.32. The molecule has 1 aromatic rings. The third-order valence-electron chi connectivity index (χ3n) is 2.32. The van der Waals surface area contributed by atoms with Gasteiger partial charge in [0, 0.05) is 0 Å². The van der Waals surface area contributed by atoms with Crippen LogP contribution in [-0.2, 0) is 11.3 Å². The summed E-state index contributed by atoms with van der Waals surface area (Å²) < 4.78 is 13.0. The topological polar surface area (TPSA) is 35.2 Å². The first-order valence-corrected chi connectivity index (χ1v) is 4.70. The van der Waals surface area contributed by atoms with Gasteiger partial charge in [0.25, 0.3) is 0 Å². The van der Waals surface area contributed by atoms with Gasteiger partial charge in [-0.15, -0.1) is 0 Å². The van der Waals surface area contributed by atoms with Crippen LogP contribution in [0.4, 0.5) is 4.39 Å². The molecule has 3 heteroatoms.